The first-order valence-electron chi connectivity index (χ1n) is 9.42. The number of hydrogen-bond donors (Lipinski definition) is 0. The molecule has 3 heteroatoms. The summed E-state index contributed by atoms with van der Waals surface area (Å²) in [6, 6.07) is 42.6. The summed E-state index contributed by atoms with van der Waals surface area (Å²) in [6.45, 7) is 0. The molecule has 0 aromatic heterocycles. The second kappa shape index (κ2) is 9.55. The van der Waals surface area contributed by atoms with E-state index in [0.29, 0.717) is 0 Å². The van der Waals surface area contributed by atoms with Crippen LogP contribution in [0.4, 0.5) is 0 Å². The summed E-state index contributed by atoms with van der Waals surface area (Å²) in [5.41, 5.74) is 5.54. The normalized spacial score (nSPS) is 10.9. The second-order valence-corrected chi connectivity index (χ2v) is 14.4. The molecule has 0 radical (unpaired) electrons. The maximum atomic E-state index is 3.76. The van der Waals surface area contributed by atoms with Crippen LogP contribution in [0, 0.1) is 11.3 Å². The average Bonchev–Trinajstić information content (AvgIpc) is 2.81. The number of benzene rings is 4. The molecule has 0 aliphatic heterocycles. The van der Waals surface area contributed by atoms with Crippen molar-refractivity contribution in [2.75, 3.05) is 0 Å². The molecule has 0 atom stereocenters. The Morgan fingerprint density at radius 2 is 0.862 bits per heavy atom. The van der Waals surface area contributed by atoms with Crippen molar-refractivity contribution in [2.24, 2.45) is 0 Å². The van der Waals surface area contributed by atoms with Gasteiger partial charge in [0.05, 0.1) is 0 Å². The van der Waals surface area contributed by atoms with Gasteiger partial charge in [0.2, 0.25) is 0 Å². The molecule has 0 aliphatic carbocycles. The zero-order chi connectivity index (χ0) is 19.9. The predicted molar refractivity (Wildman–Crippen MR) is 132 cm³/mol. The maximum absolute atomic E-state index is 3.76. The van der Waals surface area contributed by atoms with Crippen LogP contribution in [0.1, 0.15) is 0 Å². The molecule has 0 bridgehead atoms. The quantitative estimate of drug-likeness (QED) is 0.227. The molecule has 0 nitrogen and oxygen atoms in total. The summed E-state index contributed by atoms with van der Waals surface area (Å²) < 4.78 is 0. The van der Waals surface area contributed by atoms with E-state index in [0.717, 1.165) is 0 Å². The first kappa shape index (κ1) is 20.1. The molecule has 4 rings (SSSR count). The Morgan fingerprint density at radius 3 is 1.24 bits per heavy atom. The third-order valence-electron chi connectivity index (χ3n) is 4.59. The van der Waals surface area contributed by atoms with E-state index in [4.69, 9.17) is 0 Å². The fourth-order valence-electron chi connectivity index (χ4n) is 3.11. The zero-order valence-corrected chi connectivity index (χ0v) is 19.4. The Kier molecular flexibility index (Phi) is 6.62. The van der Waals surface area contributed by atoms with E-state index in [9.17, 15) is 0 Å². The van der Waals surface area contributed by atoms with Gasteiger partial charge in [0.15, 0.2) is 0 Å². The van der Waals surface area contributed by atoms with Crippen molar-refractivity contribution < 1.29 is 0 Å². The Balaban J connectivity index is 1.86. The van der Waals surface area contributed by atoms with Crippen LogP contribution in [0.5, 0.6) is 0 Å². The standard InChI is InChI=1S/C26H20P2Se/c29-28(25-17-9-3-10-18-25,26-19-11-4-12-20-26)22-21-27(23-13-5-1-6-14-23)24-15-7-2-8-16-24/h1-20H. The molecule has 0 saturated heterocycles. The summed E-state index contributed by atoms with van der Waals surface area (Å²) in [5, 5.41) is 5.12. The van der Waals surface area contributed by atoms with Gasteiger partial charge in [-0.3, -0.25) is 0 Å². The summed E-state index contributed by atoms with van der Waals surface area (Å²) in [4.78, 5) is 0. The second-order valence-electron chi connectivity index (χ2n) is 6.51. The van der Waals surface area contributed by atoms with Crippen LogP contribution in [0.15, 0.2) is 121 Å². The third kappa shape index (κ3) is 4.70. The monoisotopic (exact) mass is 474 g/mol. The Hall–Kier alpha value is -2.18. The van der Waals surface area contributed by atoms with Crippen LogP contribution < -0.4 is 21.2 Å². The first-order chi connectivity index (χ1) is 14.3. The van der Waals surface area contributed by atoms with Crippen LogP contribution in [-0.2, 0) is 0 Å². The van der Waals surface area contributed by atoms with Gasteiger partial charge in [-0.25, -0.2) is 0 Å². The molecule has 0 saturated carbocycles. The van der Waals surface area contributed by atoms with Crippen molar-refractivity contribution in [1.29, 1.82) is 0 Å². The number of hydrogen-bond acceptors (Lipinski definition) is 0. The first-order valence-corrected chi connectivity index (χ1v) is 14.8. The Bertz CT molecular complexity index is 1080. The van der Waals surface area contributed by atoms with Gasteiger partial charge in [0.1, 0.15) is 0 Å². The van der Waals surface area contributed by atoms with Crippen molar-refractivity contribution in [1.82, 2.24) is 0 Å². The van der Waals surface area contributed by atoms with E-state index in [1.807, 2.05) is 0 Å². The van der Waals surface area contributed by atoms with Gasteiger partial charge in [-0.1, -0.05) is 0 Å². The van der Waals surface area contributed by atoms with E-state index in [1.165, 1.54) is 21.2 Å². The van der Waals surface area contributed by atoms with Crippen molar-refractivity contribution in [3.05, 3.63) is 121 Å². The molecule has 0 aliphatic rings. The third-order valence-corrected chi connectivity index (χ3v) is 12.4. The SMILES string of the molecule is [Se]=P(C#CP(c1ccccc1)c1ccccc1)(c1ccccc1)c1ccccc1. The zero-order valence-electron chi connectivity index (χ0n) is 15.8. The van der Waals surface area contributed by atoms with Gasteiger partial charge >= 0.3 is 182 Å². The molecule has 0 amide bonds. The minimum atomic E-state index is -1.94. The topological polar surface area (TPSA) is 0 Å². The van der Waals surface area contributed by atoms with Crippen LogP contribution >= 0.6 is 13.4 Å². The van der Waals surface area contributed by atoms with Gasteiger partial charge in [-0.05, 0) is 0 Å². The Labute approximate surface area is 182 Å². The summed E-state index contributed by atoms with van der Waals surface area (Å²) >= 11 is 3.53. The van der Waals surface area contributed by atoms with Crippen LogP contribution in [0.3, 0.4) is 0 Å². The van der Waals surface area contributed by atoms with E-state index in [2.05, 4.69) is 148 Å². The van der Waals surface area contributed by atoms with Crippen LogP contribution in [0.25, 0.3) is 0 Å². The van der Waals surface area contributed by atoms with Gasteiger partial charge in [-0.15, -0.1) is 0 Å². The molecule has 0 unspecified atom stereocenters. The fourth-order valence-corrected chi connectivity index (χ4v) is 9.61. The van der Waals surface area contributed by atoms with Gasteiger partial charge < -0.3 is 0 Å². The summed E-state index contributed by atoms with van der Waals surface area (Å²) in [7, 11) is -0.749. The van der Waals surface area contributed by atoms with Crippen LogP contribution in [-0.4, -0.2) is 15.1 Å². The molecule has 0 spiro atoms. The van der Waals surface area contributed by atoms with Crippen molar-refractivity contribution in [3.8, 4) is 11.3 Å². The van der Waals surface area contributed by atoms with Gasteiger partial charge in [-0.2, -0.15) is 0 Å². The minimum absolute atomic E-state index is 0.749. The molecule has 0 heterocycles. The summed E-state index contributed by atoms with van der Waals surface area (Å²) in [6.07, 6.45) is 0. The van der Waals surface area contributed by atoms with E-state index >= 15 is 0 Å². The van der Waals surface area contributed by atoms with Crippen LogP contribution in [0.2, 0.25) is 0 Å². The van der Waals surface area contributed by atoms with Crippen molar-refractivity contribution in [2.45, 2.75) is 0 Å². The van der Waals surface area contributed by atoms with Gasteiger partial charge in [0.25, 0.3) is 0 Å². The average molecular weight is 473 g/mol. The summed E-state index contributed by atoms with van der Waals surface area (Å²) in [5.74, 6) is 0. The van der Waals surface area contributed by atoms with E-state index in [1.54, 1.807) is 0 Å². The molecule has 4 aromatic rings. The van der Waals surface area contributed by atoms with Crippen molar-refractivity contribution in [3.63, 3.8) is 0 Å². The number of rotatable bonds is 4. The van der Waals surface area contributed by atoms with E-state index in [-0.39, 0.29) is 0 Å². The van der Waals surface area contributed by atoms with E-state index < -0.39 is 13.4 Å². The molecule has 0 fully saturated rings. The molecule has 0 N–H and O–H groups in total. The fraction of sp³-hybridized carbons (Fsp3) is 0. The molecular weight excluding hydrogens is 453 g/mol. The predicted octanol–water partition coefficient (Wildman–Crippen LogP) is 4.79. The Morgan fingerprint density at radius 1 is 0.517 bits per heavy atom. The van der Waals surface area contributed by atoms with Crippen molar-refractivity contribution >= 4 is 49.7 Å². The molecule has 29 heavy (non-hydrogen) atoms. The molecular formula is C26H20P2Se. The molecule has 4 aromatic carbocycles. The van der Waals surface area contributed by atoms with Gasteiger partial charge in [0, 0.05) is 0 Å². The molecule has 140 valence electrons.